The third-order valence-electron chi connectivity index (χ3n) is 4.32. The van der Waals surface area contributed by atoms with Crippen LogP contribution in [0, 0.1) is 0 Å². The summed E-state index contributed by atoms with van der Waals surface area (Å²) in [4.78, 5) is 15.5. The highest BCUT2D eigenvalue weighted by molar-refractivity contribution is 7.08. The molecule has 3 rings (SSSR count). The van der Waals surface area contributed by atoms with Crippen molar-refractivity contribution < 1.29 is 4.79 Å². The average Bonchev–Trinajstić information content (AvgIpc) is 3.27. The van der Waals surface area contributed by atoms with E-state index in [1.54, 1.807) is 0 Å². The van der Waals surface area contributed by atoms with Gasteiger partial charge in [0.25, 0.3) is 5.91 Å². The number of nitrogens with zero attached hydrogens (tertiary/aromatic N) is 3. The Morgan fingerprint density at radius 1 is 1.30 bits per heavy atom. The van der Waals surface area contributed by atoms with E-state index in [4.69, 9.17) is 0 Å². The summed E-state index contributed by atoms with van der Waals surface area (Å²) in [6.45, 7) is 4.80. The average molecular weight is 330 g/mol. The van der Waals surface area contributed by atoms with E-state index in [0.717, 1.165) is 25.2 Å². The number of carbonyl (C=O) groups excluding carboxylic acids is 1. The predicted molar refractivity (Wildman–Crippen MR) is 91.6 cm³/mol. The van der Waals surface area contributed by atoms with E-state index < -0.39 is 0 Å². The van der Waals surface area contributed by atoms with Crippen LogP contribution in [-0.2, 0) is 6.42 Å². The van der Waals surface area contributed by atoms with E-state index >= 15 is 0 Å². The normalized spacial score (nSPS) is 16.4. The second kappa shape index (κ2) is 7.66. The molecule has 1 aromatic heterocycles. The molecule has 2 aromatic rings. The molecule has 0 aliphatic carbocycles. The summed E-state index contributed by atoms with van der Waals surface area (Å²) >= 11 is 1.18. The molecule has 23 heavy (non-hydrogen) atoms. The highest BCUT2D eigenvalue weighted by Crippen LogP contribution is 2.24. The summed E-state index contributed by atoms with van der Waals surface area (Å²) in [6, 6.07) is 10.7. The standard InChI is InChI=1S/C17H22N4OS/c1-2-14-16(23-20-19-14)17(22)18-12-15(21-10-6-7-11-21)13-8-4-3-5-9-13/h3-5,8-9,15H,2,6-7,10-12H2,1H3,(H,18,22)/t15-/m1/s1. The number of rotatable bonds is 6. The van der Waals surface area contributed by atoms with Crippen LogP contribution in [0.25, 0.3) is 0 Å². The van der Waals surface area contributed by atoms with Crippen molar-refractivity contribution in [1.29, 1.82) is 0 Å². The molecule has 5 nitrogen and oxygen atoms in total. The molecule has 0 bridgehead atoms. The van der Waals surface area contributed by atoms with Gasteiger partial charge in [-0.25, -0.2) is 0 Å². The molecule has 122 valence electrons. The number of nitrogens with one attached hydrogen (secondary N) is 1. The van der Waals surface area contributed by atoms with Gasteiger partial charge in [0.05, 0.1) is 11.7 Å². The number of aryl methyl sites for hydroxylation is 1. The van der Waals surface area contributed by atoms with Gasteiger partial charge in [-0.3, -0.25) is 9.69 Å². The first kappa shape index (κ1) is 16.1. The topological polar surface area (TPSA) is 58.1 Å². The van der Waals surface area contributed by atoms with Crippen LogP contribution in [0.2, 0.25) is 0 Å². The summed E-state index contributed by atoms with van der Waals surface area (Å²) in [5, 5.41) is 7.10. The molecule has 1 aliphatic rings. The molecule has 1 N–H and O–H groups in total. The monoisotopic (exact) mass is 330 g/mol. The summed E-state index contributed by atoms with van der Waals surface area (Å²) in [5.41, 5.74) is 2.04. The van der Waals surface area contributed by atoms with Crippen molar-refractivity contribution in [3.8, 4) is 0 Å². The fraction of sp³-hybridized carbons (Fsp3) is 0.471. The lowest BCUT2D eigenvalue weighted by Gasteiger charge is -2.28. The van der Waals surface area contributed by atoms with E-state index in [1.807, 2.05) is 13.0 Å². The Morgan fingerprint density at radius 2 is 2.04 bits per heavy atom. The van der Waals surface area contributed by atoms with Crippen LogP contribution in [0.4, 0.5) is 0 Å². The molecule has 1 aliphatic heterocycles. The smallest absolute Gasteiger partial charge is 0.265 e. The molecular formula is C17H22N4OS. The first-order valence-electron chi connectivity index (χ1n) is 8.18. The minimum Gasteiger partial charge on any atom is -0.349 e. The number of hydrogen-bond acceptors (Lipinski definition) is 5. The van der Waals surface area contributed by atoms with Crippen LogP contribution in [0.3, 0.4) is 0 Å². The first-order chi connectivity index (χ1) is 11.3. The van der Waals surface area contributed by atoms with Gasteiger partial charge in [-0.1, -0.05) is 41.7 Å². The molecule has 0 spiro atoms. The molecule has 6 heteroatoms. The van der Waals surface area contributed by atoms with Gasteiger partial charge in [0, 0.05) is 6.54 Å². The zero-order valence-corrected chi connectivity index (χ0v) is 14.2. The van der Waals surface area contributed by atoms with Crippen molar-refractivity contribution in [3.63, 3.8) is 0 Å². The van der Waals surface area contributed by atoms with Gasteiger partial charge in [0.1, 0.15) is 4.88 Å². The Bertz CT molecular complexity index is 637. The third kappa shape index (κ3) is 3.76. The van der Waals surface area contributed by atoms with Gasteiger partial charge in [-0.15, -0.1) is 5.10 Å². The highest BCUT2D eigenvalue weighted by atomic mass is 32.1. The number of aromatic nitrogens is 2. The first-order valence-corrected chi connectivity index (χ1v) is 8.95. The summed E-state index contributed by atoms with van der Waals surface area (Å²) in [6.07, 6.45) is 3.19. The van der Waals surface area contributed by atoms with E-state index in [0.29, 0.717) is 11.4 Å². The molecule has 1 saturated heterocycles. The van der Waals surface area contributed by atoms with Gasteiger partial charge in [-0.2, -0.15) is 0 Å². The lowest BCUT2D eigenvalue weighted by molar-refractivity contribution is 0.0941. The number of benzene rings is 1. The van der Waals surface area contributed by atoms with Crippen molar-refractivity contribution in [2.75, 3.05) is 19.6 Å². The number of carbonyl (C=O) groups is 1. The van der Waals surface area contributed by atoms with Gasteiger partial charge in [-0.05, 0) is 49.4 Å². The van der Waals surface area contributed by atoms with Crippen LogP contribution < -0.4 is 5.32 Å². The third-order valence-corrected chi connectivity index (χ3v) is 5.09. The Labute approximate surface area is 140 Å². The zero-order valence-electron chi connectivity index (χ0n) is 13.4. The minimum atomic E-state index is -0.0584. The Balaban J connectivity index is 1.70. The van der Waals surface area contributed by atoms with Gasteiger partial charge >= 0.3 is 0 Å². The largest absolute Gasteiger partial charge is 0.349 e. The second-order valence-corrected chi connectivity index (χ2v) is 6.54. The van der Waals surface area contributed by atoms with Crippen LogP contribution in [0.15, 0.2) is 30.3 Å². The highest BCUT2D eigenvalue weighted by Gasteiger charge is 2.24. The SMILES string of the molecule is CCc1nnsc1C(=O)NC[C@H](c1ccccc1)N1CCCC1. The molecule has 0 radical (unpaired) electrons. The molecule has 1 amide bonds. The van der Waals surface area contributed by atoms with Crippen LogP contribution in [0.1, 0.15) is 46.7 Å². The van der Waals surface area contributed by atoms with E-state index in [-0.39, 0.29) is 11.9 Å². The summed E-state index contributed by atoms with van der Waals surface area (Å²) in [5.74, 6) is -0.0584. The molecule has 1 aromatic carbocycles. The predicted octanol–water partition coefficient (Wildman–Crippen LogP) is 2.67. The second-order valence-electron chi connectivity index (χ2n) is 5.78. The summed E-state index contributed by atoms with van der Waals surface area (Å²) < 4.78 is 3.90. The zero-order chi connectivity index (χ0) is 16.1. The van der Waals surface area contributed by atoms with Gasteiger partial charge in [0.15, 0.2) is 0 Å². The van der Waals surface area contributed by atoms with Gasteiger partial charge in [0.2, 0.25) is 0 Å². The van der Waals surface area contributed by atoms with Crippen LogP contribution >= 0.6 is 11.5 Å². The van der Waals surface area contributed by atoms with Crippen molar-refractivity contribution >= 4 is 17.4 Å². The van der Waals surface area contributed by atoms with E-state index in [1.165, 1.54) is 29.9 Å². The Hall–Kier alpha value is -1.79. The lowest BCUT2D eigenvalue weighted by Crippen LogP contribution is -2.36. The molecule has 2 heterocycles. The quantitative estimate of drug-likeness (QED) is 0.885. The fourth-order valence-corrected chi connectivity index (χ4v) is 3.73. The fourth-order valence-electron chi connectivity index (χ4n) is 3.07. The maximum atomic E-state index is 12.4. The van der Waals surface area contributed by atoms with Crippen LogP contribution in [-0.4, -0.2) is 40.0 Å². The molecule has 0 unspecified atom stereocenters. The van der Waals surface area contributed by atoms with Crippen molar-refractivity contribution in [2.45, 2.75) is 32.2 Å². The molecule has 0 saturated carbocycles. The van der Waals surface area contributed by atoms with Crippen molar-refractivity contribution in [2.24, 2.45) is 0 Å². The summed E-state index contributed by atoms with van der Waals surface area (Å²) in [7, 11) is 0. The number of hydrogen-bond donors (Lipinski definition) is 1. The van der Waals surface area contributed by atoms with Crippen molar-refractivity contribution in [1.82, 2.24) is 19.8 Å². The maximum absolute atomic E-state index is 12.4. The van der Waals surface area contributed by atoms with Crippen molar-refractivity contribution in [3.05, 3.63) is 46.5 Å². The number of likely N-dealkylation sites (tertiary alicyclic amines) is 1. The van der Waals surface area contributed by atoms with Crippen LogP contribution in [0.5, 0.6) is 0 Å². The number of amides is 1. The van der Waals surface area contributed by atoms with E-state index in [2.05, 4.69) is 44.1 Å². The molecule has 1 atom stereocenters. The maximum Gasteiger partial charge on any atom is 0.265 e. The minimum absolute atomic E-state index is 0.0584. The Kier molecular flexibility index (Phi) is 5.35. The Morgan fingerprint density at radius 3 is 2.74 bits per heavy atom. The van der Waals surface area contributed by atoms with Gasteiger partial charge < -0.3 is 5.32 Å². The molecule has 1 fully saturated rings. The molecular weight excluding hydrogens is 308 g/mol. The van der Waals surface area contributed by atoms with E-state index in [9.17, 15) is 4.79 Å². The lowest BCUT2D eigenvalue weighted by atomic mass is 10.1.